The molecule has 25 heavy (non-hydrogen) atoms. The second kappa shape index (κ2) is 9.15. The molecule has 2 heterocycles. The van der Waals surface area contributed by atoms with Crippen molar-refractivity contribution >= 4 is 17.7 Å². The van der Waals surface area contributed by atoms with Gasteiger partial charge in [0.2, 0.25) is 17.7 Å². The van der Waals surface area contributed by atoms with E-state index in [0.717, 1.165) is 13.1 Å². The highest BCUT2D eigenvalue weighted by molar-refractivity contribution is 5.87. The van der Waals surface area contributed by atoms with Crippen LogP contribution in [0.5, 0.6) is 0 Å². The molecule has 2 saturated heterocycles. The van der Waals surface area contributed by atoms with E-state index >= 15 is 0 Å². The van der Waals surface area contributed by atoms with Crippen molar-refractivity contribution in [3.63, 3.8) is 0 Å². The molecule has 142 valence electrons. The molecule has 8 nitrogen and oxygen atoms in total. The Bertz CT molecular complexity index is 483. The molecule has 2 fully saturated rings. The normalized spacial score (nSPS) is 20.0. The zero-order valence-corrected chi connectivity index (χ0v) is 15.4. The molecule has 3 N–H and O–H groups in total. The van der Waals surface area contributed by atoms with Gasteiger partial charge in [-0.15, -0.1) is 0 Å². The summed E-state index contributed by atoms with van der Waals surface area (Å²) >= 11 is 0. The highest BCUT2D eigenvalue weighted by Gasteiger charge is 2.26. The van der Waals surface area contributed by atoms with Crippen LogP contribution in [0.3, 0.4) is 0 Å². The lowest BCUT2D eigenvalue weighted by atomic mass is 10.1. The van der Waals surface area contributed by atoms with Crippen LogP contribution in [0.1, 0.15) is 26.7 Å². The molecule has 0 aromatic rings. The molecule has 2 aliphatic rings. The second-order valence-corrected chi connectivity index (χ2v) is 7.23. The third kappa shape index (κ3) is 5.67. The lowest BCUT2D eigenvalue weighted by molar-refractivity contribution is -0.140. The van der Waals surface area contributed by atoms with Gasteiger partial charge in [-0.05, 0) is 31.8 Å². The molecule has 0 unspecified atom stereocenters. The quantitative estimate of drug-likeness (QED) is 0.628. The fourth-order valence-electron chi connectivity index (χ4n) is 3.13. The molecule has 0 radical (unpaired) electrons. The van der Waals surface area contributed by atoms with Crippen LogP contribution in [0.15, 0.2) is 0 Å². The van der Waals surface area contributed by atoms with Crippen LogP contribution in [0, 0.1) is 5.92 Å². The van der Waals surface area contributed by atoms with Gasteiger partial charge in [0.15, 0.2) is 0 Å². The highest BCUT2D eigenvalue weighted by atomic mass is 16.2. The molecule has 0 aromatic heterocycles. The first-order chi connectivity index (χ1) is 11.9. The van der Waals surface area contributed by atoms with Crippen LogP contribution >= 0.6 is 0 Å². The number of nitrogens with zero attached hydrogens (tertiary/aromatic N) is 3. The lowest BCUT2D eigenvalue weighted by Crippen LogP contribution is -2.54. The third-order valence-corrected chi connectivity index (χ3v) is 4.98. The van der Waals surface area contributed by atoms with Gasteiger partial charge in [-0.25, -0.2) is 0 Å². The number of carbonyl (C=O) groups excluding carboxylic acids is 3. The fraction of sp³-hybridized carbons (Fsp3) is 0.824. The van der Waals surface area contributed by atoms with E-state index < -0.39 is 6.04 Å². The van der Waals surface area contributed by atoms with Crippen molar-refractivity contribution in [3.8, 4) is 0 Å². The molecule has 2 aliphatic heterocycles. The first kappa shape index (κ1) is 19.7. The Hall–Kier alpha value is -1.67. The van der Waals surface area contributed by atoms with Crippen LogP contribution in [-0.2, 0) is 14.4 Å². The van der Waals surface area contributed by atoms with Crippen molar-refractivity contribution in [2.24, 2.45) is 11.7 Å². The van der Waals surface area contributed by atoms with Crippen molar-refractivity contribution in [3.05, 3.63) is 0 Å². The van der Waals surface area contributed by atoms with Gasteiger partial charge in [-0.1, -0.05) is 13.8 Å². The van der Waals surface area contributed by atoms with Crippen molar-refractivity contribution in [1.82, 2.24) is 20.0 Å². The number of piperazine rings is 1. The maximum atomic E-state index is 12.3. The first-order valence-corrected chi connectivity index (χ1v) is 9.19. The zero-order chi connectivity index (χ0) is 18.4. The highest BCUT2D eigenvalue weighted by Crippen LogP contribution is 2.09. The Balaban J connectivity index is 1.69. The van der Waals surface area contributed by atoms with E-state index in [1.165, 1.54) is 12.8 Å². The Morgan fingerprint density at radius 2 is 1.44 bits per heavy atom. The number of likely N-dealkylation sites (tertiary alicyclic amines) is 1. The molecule has 8 heteroatoms. The number of hydrogen-bond acceptors (Lipinski definition) is 5. The van der Waals surface area contributed by atoms with E-state index in [2.05, 4.69) is 10.2 Å². The monoisotopic (exact) mass is 353 g/mol. The van der Waals surface area contributed by atoms with Crippen molar-refractivity contribution < 1.29 is 14.4 Å². The predicted molar refractivity (Wildman–Crippen MR) is 94.7 cm³/mol. The Morgan fingerprint density at radius 1 is 0.920 bits per heavy atom. The molecule has 3 amide bonds. The standard InChI is InChI=1S/C17H31N5O3/c1-13(2)16(18)17(25)19-11-14(23)21-7-9-22(10-8-21)15(24)12-20-5-3-4-6-20/h13,16H,3-12,18H2,1-2H3,(H,19,25)/t16-/m0/s1. The predicted octanol–water partition coefficient (Wildman–Crippen LogP) is -1.15. The molecule has 0 aromatic carbocycles. The maximum absolute atomic E-state index is 12.3. The maximum Gasteiger partial charge on any atom is 0.242 e. The summed E-state index contributed by atoms with van der Waals surface area (Å²) in [5, 5.41) is 2.60. The van der Waals surface area contributed by atoms with E-state index in [1.54, 1.807) is 4.90 Å². The first-order valence-electron chi connectivity index (χ1n) is 9.19. The van der Waals surface area contributed by atoms with Gasteiger partial charge < -0.3 is 20.9 Å². The molecule has 0 saturated carbocycles. The van der Waals surface area contributed by atoms with Gasteiger partial charge >= 0.3 is 0 Å². The average molecular weight is 353 g/mol. The minimum Gasteiger partial charge on any atom is -0.346 e. The summed E-state index contributed by atoms with van der Waals surface area (Å²) in [4.78, 5) is 42.0. The largest absolute Gasteiger partial charge is 0.346 e. The Labute approximate surface area is 149 Å². The Morgan fingerprint density at radius 3 is 1.96 bits per heavy atom. The minimum atomic E-state index is -0.604. The number of nitrogens with one attached hydrogen (secondary N) is 1. The van der Waals surface area contributed by atoms with Crippen molar-refractivity contribution in [2.45, 2.75) is 32.7 Å². The summed E-state index contributed by atoms with van der Waals surface area (Å²) in [5.41, 5.74) is 5.76. The van der Waals surface area contributed by atoms with Gasteiger partial charge in [0.25, 0.3) is 0 Å². The van der Waals surface area contributed by atoms with E-state index in [4.69, 9.17) is 5.73 Å². The molecule has 2 rings (SSSR count). The van der Waals surface area contributed by atoms with Gasteiger partial charge in [0, 0.05) is 26.2 Å². The smallest absolute Gasteiger partial charge is 0.242 e. The van der Waals surface area contributed by atoms with Crippen LogP contribution in [0.25, 0.3) is 0 Å². The fourth-order valence-corrected chi connectivity index (χ4v) is 3.13. The molecule has 0 spiro atoms. The van der Waals surface area contributed by atoms with Crippen LogP contribution in [-0.4, -0.2) is 90.8 Å². The number of amides is 3. The van der Waals surface area contributed by atoms with Crippen LogP contribution < -0.4 is 11.1 Å². The van der Waals surface area contributed by atoms with Gasteiger partial charge in [-0.2, -0.15) is 0 Å². The summed E-state index contributed by atoms with van der Waals surface area (Å²) in [6.07, 6.45) is 2.34. The van der Waals surface area contributed by atoms with E-state index in [1.807, 2.05) is 18.7 Å². The van der Waals surface area contributed by atoms with Crippen LogP contribution in [0.2, 0.25) is 0 Å². The zero-order valence-electron chi connectivity index (χ0n) is 15.4. The summed E-state index contributed by atoms with van der Waals surface area (Å²) in [6, 6.07) is -0.604. The molecular formula is C17H31N5O3. The summed E-state index contributed by atoms with van der Waals surface area (Å²) < 4.78 is 0. The SMILES string of the molecule is CC(C)[C@H](N)C(=O)NCC(=O)N1CCN(C(=O)CN2CCCC2)CC1. The van der Waals surface area contributed by atoms with Gasteiger partial charge in [-0.3, -0.25) is 19.3 Å². The topological polar surface area (TPSA) is 99.0 Å². The number of carbonyl (C=O) groups is 3. The summed E-state index contributed by atoms with van der Waals surface area (Å²) in [5.74, 6) is -0.260. The van der Waals surface area contributed by atoms with Crippen LogP contribution in [0.4, 0.5) is 0 Å². The molecular weight excluding hydrogens is 322 g/mol. The lowest BCUT2D eigenvalue weighted by Gasteiger charge is -2.35. The van der Waals surface area contributed by atoms with E-state index in [-0.39, 0.29) is 30.2 Å². The van der Waals surface area contributed by atoms with E-state index in [0.29, 0.717) is 32.7 Å². The number of nitrogens with two attached hydrogens (primary N) is 1. The molecule has 0 aliphatic carbocycles. The number of hydrogen-bond donors (Lipinski definition) is 2. The average Bonchev–Trinajstić information content (AvgIpc) is 3.11. The summed E-state index contributed by atoms with van der Waals surface area (Å²) in [6.45, 7) is 8.31. The van der Waals surface area contributed by atoms with Gasteiger partial charge in [0.05, 0.1) is 19.1 Å². The second-order valence-electron chi connectivity index (χ2n) is 7.23. The Kier molecular flexibility index (Phi) is 7.19. The minimum absolute atomic E-state index is 0.0280. The van der Waals surface area contributed by atoms with Gasteiger partial charge in [0.1, 0.15) is 0 Å². The van der Waals surface area contributed by atoms with Crippen molar-refractivity contribution in [2.75, 3.05) is 52.4 Å². The number of rotatable bonds is 6. The molecule has 1 atom stereocenters. The third-order valence-electron chi connectivity index (χ3n) is 4.98. The van der Waals surface area contributed by atoms with Crippen molar-refractivity contribution in [1.29, 1.82) is 0 Å². The summed E-state index contributed by atoms with van der Waals surface area (Å²) in [7, 11) is 0. The van der Waals surface area contributed by atoms with E-state index in [9.17, 15) is 14.4 Å². The molecule has 0 bridgehead atoms.